The number of benzene rings is 1. The molecule has 11 heteroatoms. The maximum atomic E-state index is 13.9. The number of nitrogens with one attached hydrogen (secondary N) is 1. The predicted molar refractivity (Wildman–Crippen MR) is 124 cm³/mol. The molecule has 1 aliphatic heterocycles. The summed E-state index contributed by atoms with van der Waals surface area (Å²) in [6.07, 6.45) is 2.00. The smallest absolute Gasteiger partial charge is 0.333 e. The summed E-state index contributed by atoms with van der Waals surface area (Å²) in [5, 5.41) is 2.92. The summed E-state index contributed by atoms with van der Waals surface area (Å²) in [6, 6.07) is 2.26. The van der Waals surface area contributed by atoms with Crippen LogP contribution in [0.5, 0.6) is 0 Å². The van der Waals surface area contributed by atoms with E-state index in [0.717, 1.165) is 53.3 Å². The first-order valence-electron chi connectivity index (χ1n) is 10.8. The molecular weight excluding hydrogens is 452 g/mol. The highest BCUT2D eigenvalue weighted by Gasteiger charge is 2.24. The van der Waals surface area contributed by atoms with E-state index >= 15 is 0 Å². The van der Waals surface area contributed by atoms with E-state index in [9.17, 15) is 23.2 Å². The van der Waals surface area contributed by atoms with Crippen molar-refractivity contribution in [3.63, 3.8) is 0 Å². The number of rotatable bonds is 5. The van der Waals surface area contributed by atoms with E-state index in [0.29, 0.717) is 11.0 Å². The second-order valence-corrected chi connectivity index (χ2v) is 9.61. The number of halogens is 2. The monoisotopic (exact) mass is 477 g/mol. The van der Waals surface area contributed by atoms with Crippen molar-refractivity contribution < 1.29 is 13.6 Å². The first-order valence-corrected chi connectivity index (χ1v) is 11.6. The minimum Gasteiger partial charge on any atom is -0.348 e. The second kappa shape index (κ2) is 9.05. The molecule has 0 unspecified atom stereocenters. The molecule has 176 valence electrons. The molecule has 1 aromatic carbocycles. The summed E-state index contributed by atoms with van der Waals surface area (Å²) in [6.45, 7) is 6.68. The number of hydrogen-bond donors (Lipinski definition) is 1. The first-order chi connectivity index (χ1) is 15.7. The summed E-state index contributed by atoms with van der Waals surface area (Å²) >= 11 is 1.20. The van der Waals surface area contributed by atoms with Crippen molar-refractivity contribution in [2.24, 2.45) is 5.92 Å². The fourth-order valence-corrected chi connectivity index (χ4v) is 4.96. The Morgan fingerprint density at radius 1 is 1.24 bits per heavy atom. The third-order valence-corrected chi connectivity index (χ3v) is 6.87. The molecule has 8 nitrogen and oxygen atoms in total. The Kier molecular flexibility index (Phi) is 6.33. The zero-order valence-electron chi connectivity index (χ0n) is 18.6. The average Bonchev–Trinajstić information content (AvgIpc) is 3.20. The number of hydrogen-bond acceptors (Lipinski definition) is 6. The Morgan fingerprint density at radius 2 is 1.94 bits per heavy atom. The molecule has 33 heavy (non-hydrogen) atoms. The topological polar surface area (TPSA) is 89.2 Å². The number of thiazole rings is 1. The van der Waals surface area contributed by atoms with Gasteiger partial charge in [-0.05, 0) is 44.7 Å². The molecule has 1 aliphatic rings. The van der Waals surface area contributed by atoms with Gasteiger partial charge in [0.2, 0.25) is 5.91 Å². The normalized spacial score (nSPS) is 14.9. The van der Waals surface area contributed by atoms with Gasteiger partial charge in [0, 0.05) is 25.2 Å². The van der Waals surface area contributed by atoms with Crippen LogP contribution >= 0.6 is 11.3 Å². The zero-order valence-corrected chi connectivity index (χ0v) is 19.4. The van der Waals surface area contributed by atoms with Crippen LogP contribution < -0.4 is 21.5 Å². The van der Waals surface area contributed by atoms with Crippen LogP contribution in [0.15, 0.2) is 27.8 Å². The minimum absolute atomic E-state index is 0.121. The molecule has 4 rings (SSSR count). The van der Waals surface area contributed by atoms with Crippen molar-refractivity contribution in [3.8, 4) is 0 Å². The Hall–Kier alpha value is -3.08. The van der Waals surface area contributed by atoms with E-state index in [1.165, 1.54) is 11.3 Å². The number of carbonyl (C=O) groups excluding carboxylic acids is 1. The number of fused-ring (bicyclic) bond motifs is 1. The van der Waals surface area contributed by atoms with E-state index in [1.54, 1.807) is 13.8 Å². The molecule has 0 spiro atoms. The van der Waals surface area contributed by atoms with Gasteiger partial charge in [0.25, 0.3) is 5.56 Å². The van der Waals surface area contributed by atoms with Crippen LogP contribution in [0.25, 0.3) is 10.3 Å². The Morgan fingerprint density at radius 3 is 2.61 bits per heavy atom. The van der Waals surface area contributed by atoms with Crippen LogP contribution in [-0.4, -0.2) is 33.1 Å². The molecule has 1 amide bonds. The maximum Gasteiger partial charge on any atom is 0.333 e. The number of carbonyl (C=O) groups is 1. The minimum atomic E-state index is -0.801. The lowest BCUT2D eigenvalue weighted by Crippen LogP contribution is -2.42. The van der Waals surface area contributed by atoms with Crippen LogP contribution in [-0.2, 0) is 11.3 Å². The number of amides is 1. The van der Waals surface area contributed by atoms with E-state index in [1.807, 2.05) is 0 Å². The summed E-state index contributed by atoms with van der Waals surface area (Å²) in [4.78, 5) is 45.5. The van der Waals surface area contributed by atoms with Crippen molar-refractivity contribution in [1.82, 2.24) is 14.1 Å². The molecule has 0 aliphatic carbocycles. The lowest BCUT2D eigenvalue weighted by molar-refractivity contribution is -0.116. The Balaban J connectivity index is 1.75. The number of aromatic nitrogens is 3. The van der Waals surface area contributed by atoms with Crippen molar-refractivity contribution in [3.05, 3.63) is 50.7 Å². The Bertz CT molecular complexity index is 1320. The fourth-order valence-electron chi connectivity index (χ4n) is 3.90. The summed E-state index contributed by atoms with van der Waals surface area (Å²) in [5.74, 6) is -1.64. The molecule has 3 aromatic rings. The first kappa shape index (κ1) is 23.1. The van der Waals surface area contributed by atoms with Gasteiger partial charge in [-0.15, -0.1) is 0 Å². The maximum absolute atomic E-state index is 13.9. The average molecular weight is 478 g/mol. The number of anilines is 2. The van der Waals surface area contributed by atoms with Gasteiger partial charge >= 0.3 is 5.69 Å². The molecule has 1 saturated heterocycles. The van der Waals surface area contributed by atoms with Gasteiger partial charge in [-0.2, -0.15) is 0 Å². The highest BCUT2D eigenvalue weighted by atomic mass is 32.1. The van der Waals surface area contributed by atoms with Gasteiger partial charge in [0.05, 0.1) is 5.69 Å². The van der Waals surface area contributed by atoms with Crippen LogP contribution in [0.1, 0.15) is 39.7 Å². The molecule has 0 bridgehead atoms. The SMILES string of the molecule is CC1CCN(c2nc3c(s2)c(=O)n(C(C)C)c(=O)n3CC(=O)Nc2cc(F)ccc2F)CC1. The summed E-state index contributed by atoms with van der Waals surface area (Å²) in [5.41, 5.74) is -1.34. The van der Waals surface area contributed by atoms with Crippen LogP contribution in [0, 0.1) is 17.6 Å². The highest BCUT2D eigenvalue weighted by Crippen LogP contribution is 2.29. The van der Waals surface area contributed by atoms with Crippen molar-refractivity contribution in [2.75, 3.05) is 23.3 Å². The lowest BCUT2D eigenvalue weighted by Gasteiger charge is -2.29. The lowest BCUT2D eigenvalue weighted by atomic mass is 10.00. The van der Waals surface area contributed by atoms with E-state index in [-0.39, 0.29) is 16.0 Å². The second-order valence-electron chi connectivity index (χ2n) is 8.63. The molecule has 0 saturated carbocycles. The Labute approximate surface area is 192 Å². The molecule has 0 radical (unpaired) electrons. The van der Waals surface area contributed by atoms with Crippen LogP contribution in [0.2, 0.25) is 0 Å². The quantitative estimate of drug-likeness (QED) is 0.609. The van der Waals surface area contributed by atoms with Crippen molar-refractivity contribution in [2.45, 2.75) is 46.2 Å². The third kappa shape index (κ3) is 4.54. The van der Waals surface area contributed by atoms with Crippen molar-refractivity contribution in [1.29, 1.82) is 0 Å². The number of nitrogens with zero attached hydrogens (tertiary/aromatic N) is 4. The van der Waals surface area contributed by atoms with Gasteiger partial charge < -0.3 is 10.2 Å². The summed E-state index contributed by atoms with van der Waals surface area (Å²) < 4.78 is 29.9. The van der Waals surface area contributed by atoms with Gasteiger partial charge in [-0.3, -0.25) is 18.7 Å². The molecule has 0 atom stereocenters. The van der Waals surface area contributed by atoms with Crippen molar-refractivity contribution >= 4 is 38.4 Å². The molecule has 3 heterocycles. The predicted octanol–water partition coefficient (Wildman–Crippen LogP) is 3.35. The van der Waals surface area contributed by atoms with Gasteiger partial charge in [-0.1, -0.05) is 18.3 Å². The van der Waals surface area contributed by atoms with E-state index in [4.69, 9.17) is 0 Å². The largest absolute Gasteiger partial charge is 0.348 e. The van der Waals surface area contributed by atoms with E-state index < -0.39 is 41.4 Å². The fraction of sp³-hybridized carbons (Fsp3) is 0.455. The molecule has 2 aromatic heterocycles. The number of piperidine rings is 1. The van der Waals surface area contributed by atoms with Crippen LogP contribution in [0.4, 0.5) is 19.6 Å². The van der Waals surface area contributed by atoms with E-state index in [2.05, 4.69) is 22.1 Å². The summed E-state index contributed by atoms with van der Waals surface area (Å²) in [7, 11) is 0. The molecule has 1 N–H and O–H groups in total. The van der Waals surface area contributed by atoms with Gasteiger partial charge in [0.1, 0.15) is 22.9 Å². The van der Waals surface area contributed by atoms with Crippen LogP contribution in [0.3, 0.4) is 0 Å². The molecular formula is C22H25F2N5O3S. The standard InChI is InChI=1S/C22H25F2N5O3S/c1-12(2)29-20(31)18-19(26-21(33-18)27-8-6-13(3)7-9-27)28(22(29)32)11-17(30)25-16-10-14(23)4-5-15(16)24/h4-5,10,12-13H,6-9,11H2,1-3H3,(H,25,30). The molecule has 1 fully saturated rings. The third-order valence-electron chi connectivity index (χ3n) is 5.78. The highest BCUT2D eigenvalue weighted by molar-refractivity contribution is 7.22. The zero-order chi connectivity index (χ0) is 23.9. The van der Waals surface area contributed by atoms with Gasteiger partial charge in [-0.25, -0.2) is 18.6 Å². The van der Waals surface area contributed by atoms with Gasteiger partial charge in [0.15, 0.2) is 10.8 Å².